The van der Waals surface area contributed by atoms with Gasteiger partial charge in [-0.15, -0.1) is 0 Å². The third kappa shape index (κ3) is 3.82. The number of likely N-dealkylation sites (tertiary alicyclic amines) is 1. The van der Waals surface area contributed by atoms with Crippen LogP contribution in [0.4, 0.5) is 13.2 Å². The highest BCUT2D eigenvalue weighted by Crippen LogP contribution is 2.66. The minimum absolute atomic E-state index is 0.0376. The molecule has 2 saturated carbocycles. The van der Waals surface area contributed by atoms with Crippen LogP contribution in [0.3, 0.4) is 0 Å². The smallest absolute Gasteiger partial charge is 0.416 e. The summed E-state index contributed by atoms with van der Waals surface area (Å²) >= 11 is 0. The molecule has 5 aliphatic rings. The number of piperidine rings is 1. The number of amides is 1. The highest BCUT2D eigenvalue weighted by molar-refractivity contribution is 5.92. The summed E-state index contributed by atoms with van der Waals surface area (Å²) in [5, 5.41) is 33.9. The predicted octanol–water partition coefficient (Wildman–Crippen LogP) is 4.41. The molecule has 42 heavy (non-hydrogen) atoms. The third-order valence-corrected chi connectivity index (χ3v) is 10.4. The number of benzene rings is 2. The van der Waals surface area contributed by atoms with E-state index in [1.165, 1.54) is 29.2 Å². The molecule has 1 spiro atoms. The largest absolute Gasteiger partial charge is 0.504 e. The molecule has 1 saturated heterocycles. The first-order chi connectivity index (χ1) is 20.0. The van der Waals surface area contributed by atoms with Crippen molar-refractivity contribution in [3.8, 4) is 17.6 Å². The Bertz CT molecular complexity index is 1530. The Balaban J connectivity index is 1.24. The van der Waals surface area contributed by atoms with E-state index in [4.69, 9.17) is 4.74 Å². The molecule has 7 rings (SSSR count). The zero-order valence-corrected chi connectivity index (χ0v) is 23.1. The summed E-state index contributed by atoms with van der Waals surface area (Å²) in [6.07, 6.45) is 1.31. The van der Waals surface area contributed by atoms with Gasteiger partial charge in [0.25, 0.3) is 0 Å². The number of phenolic OH excluding ortho intramolecular Hbond substituents is 1. The molecular weight excluding hydrogens is 547 g/mol. The van der Waals surface area contributed by atoms with Crippen molar-refractivity contribution in [3.63, 3.8) is 0 Å². The van der Waals surface area contributed by atoms with Crippen LogP contribution in [0.15, 0.2) is 42.5 Å². The number of nitriles is 1. The van der Waals surface area contributed by atoms with Gasteiger partial charge in [-0.25, -0.2) is 0 Å². The molecule has 2 N–H and O–H groups in total. The van der Waals surface area contributed by atoms with E-state index in [1.807, 2.05) is 6.07 Å². The average molecular weight is 580 g/mol. The molecule has 2 aliphatic heterocycles. The number of hydrogen-bond donors (Lipinski definition) is 2. The van der Waals surface area contributed by atoms with Gasteiger partial charge in [0.15, 0.2) is 11.5 Å². The van der Waals surface area contributed by atoms with Crippen LogP contribution < -0.4 is 4.74 Å². The van der Waals surface area contributed by atoms with Gasteiger partial charge in [-0.05, 0) is 79.8 Å². The molecule has 3 unspecified atom stereocenters. The molecule has 1 amide bonds. The number of aromatic hydroxyl groups is 1. The van der Waals surface area contributed by atoms with Gasteiger partial charge in [-0.2, -0.15) is 18.4 Å². The second-order valence-corrected chi connectivity index (χ2v) is 12.6. The van der Waals surface area contributed by atoms with Gasteiger partial charge >= 0.3 is 6.18 Å². The second-order valence-electron chi connectivity index (χ2n) is 12.6. The zero-order chi connectivity index (χ0) is 29.6. The third-order valence-electron chi connectivity index (χ3n) is 10.4. The molecular formula is C32H32F3N3O4. The summed E-state index contributed by atoms with van der Waals surface area (Å²) in [5.74, 6) is 0.381. The van der Waals surface area contributed by atoms with Crippen LogP contribution in [-0.2, 0) is 22.8 Å². The van der Waals surface area contributed by atoms with Crippen LogP contribution in [-0.4, -0.2) is 69.3 Å². The molecule has 2 heterocycles. The molecule has 2 aromatic rings. The van der Waals surface area contributed by atoms with Crippen LogP contribution in [0.25, 0.3) is 6.08 Å². The van der Waals surface area contributed by atoms with Gasteiger partial charge in [0.05, 0.1) is 34.7 Å². The SMILES string of the molecule is CN(C(=O)/C=C/c1cccc(C(F)(F)F)c1)C1CC[C@@]2(O)[C@H]3Cc4ccc(O)c5c4[C@@]2(CC(C#N)N3CC2CC2)C1O5. The highest BCUT2D eigenvalue weighted by atomic mass is 19.4. The van der Waals surface area contributed by atoms with Gasteiger partial charge in [0, 0.05) is 31.3 Å². The van der Waals surface area contributed by atoms with E-state index in [2.05, 4.69) is 11.0 Å². The molecule has 0 aromatic heterocycles. The van der Waals surface area contributed by atoms with Gasteiger partial charge in [-0.1, -0.05) is 18.2 Å². The maximum Gasteiger partial charge on any atom is 0.416 e. The van der Waals surface area contributed by atoms with Gasteiger partial charge in [0.1, 0.15) is 6.10 Å². The zero-order valence-electron chi connectivity index (χ0n) is 23.1. The number of hydrogen-bond acceptors (Lipinski definition) is 6. The van der Waals surface area contributed by atoms with Crippen molar-refractivity contribution in [1.82, 2.24) is 9.80 Å². The summed E-state index contributed by atoms with van der Waals surface area (Å²) in [6.45, 7) is 0.759. The Morgan fingerprint density at radius 2 is 2.05 bits per heavy atom. The molecule has 3 aliphatic carbocycles. The Morgan fingerprint density at radius 1 is 1.26 bits per heavy atom. The maximum absolute atomic E-state index is 13.4. The second kappa shape index (κ2) is 9.22. The fourth-order valence-corrected chi connectivity index (χ4v) is 8.28. The number of carbonyl (C=O) groups excluding carboxylic acids is 1. The standard InChI is InChI=1S/C32H32F3N3O4/c1-37(26(40)10-7-18-3-2-4-21(13-18)32(33,34)35)23-11-12-31(41)25-14-20-8-9-24(39)28-27(20)30(31,29(23)42-28)15-22(16-36)38(25)17-19-5-6-19/h2-4,7-10,13,19,22-23,25,29,39,41H,5-6,11-12,14-15,17H2,1H3/b10-7+/t22?,23?,25-,29?,30+,31-/m1/s1. The first kappa shape index (κ1) is 27.3. The van der Waals surface area contributed by atoms with E-state index in [0.29, 0.717) is 37.4 Å². The fraction of sp³-hybridized carbons (Fsp3) is 0.500. The fourth-order valence-electron chi connectivity index (χ4n) is 8.28. The Kier molecular flexibility index (Phi) is 5.99. The van der Waals surface area contributed by atoms with Crippen molar-refractivity contribution in [2.24, 2.45) is 5.92 Å². The summed E-state index contributed by atoms with van der Waals surface area (Å²) in [5.41, 5.74) is -1.03. The van der Waals surface area contributed by atoms with Crippen molar-refractivity contribution in [3.05, 3.63) is 64.7 Å². The minimum atomic E-state index is -4.49. The topological polar surface area (TPSA) is 97.0 Å². The average Bonchev–Trinajstić information content (AvgIpc) is 3.71. The Labute approximate surface area is 241 Å². The lowest BCUT2D eigenvalue weighted by Gasteiger charge is -2.65. The molecule has 2 aromatic carbocycles. The molecule has 10 heteroatoms. The first-order valence-corrected chi connectivity index (χ1v) is 14.5. The van der Waals surface area contributed by atoms with Crippen LogP contribution in [0.1, 0.15) is 54.4 Å². The maximum atomic E-state index is 13.4. The lowest BCUT2D eigenvalue weighted by atomic mass is 9.47. The number of likely N-dealkylation sites (N-methyl/N-ethyl adjacent to an activating group) is 1. The van der Waals surface area contributed by atoms with Crippen molar-refractivity contribution in [2.45, 2.75) is 79.9 Å². The number of nitrogens with zero attached hydrogens (tertiary/aromatic N) is 3. The first-order valence-electron chi connectivity index (χ1n) is 14.5. The van der Waals surface area contributed by atoms with Gasteiger partial charge in [-0.3, -0.25) is 9.69 Å². The van der Waals surface area contributed by atoms with E-state index in [0.717, 1.165) is 42.6 Å². The summed E-state index contributed by atoms with van der Waals surface area (Å²) in [7, 11) is 1.63. The molecule has 2 bridgehead atoms. The van der Waals surface area contributed by atoms with Crippen molar-refractivity contribution < 1.29 is 32.9 Å². The number of carbonyl (C=O) groups is 1. The highest BCUT2D eigenvalue weighted by Gasteiger charge is 2.75. The number of aliphatic hydroxyl groups is 1. The predicted molar refractivity (Wildman–Crippen MR) is 146 cm³/mol. The van der Waals surface area contributed by atoms with E-state index in [9.17, 15) is 33.4 Å². The van der Waals surface area contributed by atoms with Crippen LogP contribution in [0.2, 0.25) is 0 Å². The lowest BCUT2D eigenvalue weighted by molar-refractivity contribution is -0.207. The Morgan fingerprint density at radius 3 is 2.76 bits per heavy atom. The minimum Gasteiger partial charge on any atom is -0.504 e. The quantitative estimate of drug-likeness (QED) is 0.510. The van der Waals surface area contributed by atoms with E-state index in [-0.39, 0.29) is 17.4 Å². The summed E-state index contributed by atoms with van der Waals surface area (Å²) in [4.78, 5) is 17.1. The Hall–Kier alpha value is -3.55. The van der Waals surface area contributed by atoms with E-state index in [1.54, 1.807) is 13.1 Å². The lowest BCUT2D eigenvalue weighted by Crippen LogP contribution is -2.79. The van der Waals surface area contributed by atoms with Crippen molar-refractivity contribution in [1.29, 1.82) is 5.26 Å². The van der Waals surface area contributed by atoms with E-state index < -0.39 is 46.9 Å². The van der Waals surface area contributed by atoms with E-state index >= 15 is 0 Å². The van der Waals surface area contributed by atoms with Crippen molar-refractivity contribution in [2.75, 3.05) is 13.6 Å². The number of phenols is 1. The van der Waals surface area contributed by atoms with Gasteiger partial charge < -0.3 is 19.8 Å². The molecule has 220 valence electrons. The van der Waals surface area contributed by atoms with Gasteiger partial charge in [0.2, 0.25) is 5.91 Å². The van der Waals surface area contributed by atoms with Crippen LogP contribution >= 0.6 is 0 Å². The summed E-state index contributed by atoms with van der Waals surface area (Å²) < 4.78 is 46.0. The normalized spacial score (nSPS) is 33.1. The summed E-state index contributed by atoms with van der Waals surface area (Å²) in [6, 6.07) is 9.50. The van der Waals surface area contributed by atoms with Crippen LogP contribution in [0.5, 0.6) is 11.5 Å². The number of halogens is 3. The molecule has 6 atom stereocenters. The number of ether oxygens (including phenoxy) is 1. The molecule has 7 nitrogen and oxygen atoms in total. The molecule has 3 fully saturated rings. The monoisotopic (exact) mass is 579 g/mol. The number of rotatable bonds is 5. The molecule has 0 radical (unpaired) electrons. The van der Waals surface area contributed by atoms with Crippen LogP contribution in [0, 0.1) is 17.2 Å². The van der Waals surface area contributed by atoms with Crippen molar-refractivity contribution >= 4 is 12.0 Å². The number of alkyl halides is 3.